The molecule has 146 valence electrons. The summed E-state index contributed by atoms with van der Waals surface area (Å²) in [5, 5.41) is 22.0. The molecule has 0 saturated carbocycles. The highest BCUT2D eigenvalue weighted by molar-refractivity contribution is 6.36. The normalized spacial score (nSPS) is 10.9. The topological polar surface area (TPSA) is 78.8 Å². The van der Waals surface area contributed by atoms with Crippen LogP contribution in [-0.4, -0.2) is 35.9 Å². The van der Waals surface area contributed by atoms with Gasteiger partial charge in [-0.05, 0) is 40.8 Å². The first kappa shape index (κ1) is 21.4. The molecule has 2 aromatic rings. The zero-order valence-electron chi connectivity index (χ0n) is 15.3. The molecular weight excluding hydrogens is 389 g/mol. The number of benzene rings is 2. The maximum absolute atomic E-state index is 11.5. The summed E-state index contributed by atoms with van der Waals surface area (Å²) in [6.45, 7) is 3.88. The minimum absolute atomic E-state index is 0.131. The van der Waals surface area contributed by atoms with Crippen LogP contribution in [0.4, 0.5) is 0 Å². The van der Waals surface area contributed by atoms with E-state index in [1.807, 2.05) is 26.0 Å². The molecule has 0 aliphatic carbocycles. The van der Waals surface area contributed by atoms with Crippen molar-refractivity contribution in [3.05, 3.63) is 57.1 Å². The van der Waals surface area contributed by atoms with Crippen molar-refractivity contribution in [3.8, 4) is 11.5 Å². The molecule has 0 radical (unpaired) electrons. The number of carbonyl (C=O) groups is 1. The number of aliphatic hydroxyl groups excluding tert-OH is 1. The van der Waals surface area contributed by atoms with Gasteiger partial charge in [-0.15, -0.1) is 0 Å². The molecule has 3 N–H and O–H groups in total. The van der Waals surface area contributed by atoms with Crippen molar-refractivity contribution in [1.82, 2.24) is 5.32 Å². The third kappa shape index (κ3) is 6.03. The van der Waals surface area contributed by atoms with Crippen LogP contribution in [0.3, 0.4) is 0 Å². The molecule has 0 aromatic heterocycles. The van der Waals surface area contributed by atoms with Crippen molar-refractivity contribution in [2.75, 3.05) is 19.8 Å². The van der Waals surface area contributed by atoms with E-state index in [4.69, 9.17) is 33.0 Å². The fraction of sp³-hybridized carbons (Fsp3) is 0.350. The molecule has 2 rings (SSSR count). The quantitative estimate of drug-likeness (QED) is 0.615. The number of amides is 1. The largest absolute Gasteiger partial charge is 0.508 e. The average molecular weight is 412 g/mol. The number of hydrogen-bond donors (Lipinski definition) is 3. The standard InChI is InChI=1S/C20H23Cl2NO4/c1-12(2)15-7-13(3-4-19(15)25)8-16-17(21)9-14(10-18(16)22)27-11-20(26)23-5-6-24/h3-4,7,9-10,12,24-25H,5-6,8,11H2,1-2H3,(H,23,26). The first-order valence-corrected chi connectivity index (χ1v) is 9.37. The molecule has 7 heteroatoms. The number of nitrogens with one attached hydrogen (secondary N) is 1. The number of phenols is 1. The monoisotopic (exact) mass is 411 g/mol. The Kier molecular flexibility index (Phi) is 7.78. The van der Waals surface area contributed by atoms with Crippen LogP contribution in [0.25, 0.3) is 0 Å². The molecule has 0 aliphatic rings. The SMILES string of the molecule is CC(C)c1cc(Cc2c(Cl)cc(OCC(=O)NCCO)cc2Cl)ccc1O. The Labute approximate surface area is 168 Å². The number of halogens is 2. The second kappa shape index (κ2) is 9.83. The van der Waals surface area contributed by atoms with Crippen LogP contribution < -0.4 is 10.1 Å². The van der Waals surface area contributed by atoms with Gasteiger partial charge in [0.2, 0.25) is 0 Å². The Hall–Kier alpha value is -1.95. The van der Waals surface area contributed by atoms with Gasteiger partial charge in [0.15, 0.2) is 6.61 Å². The van der Waals surface area contributed by atoms with Crippen LogP contribution in [0.2, 0.25) is 10.0 Å². The molecule has 0 aliphatic heterocycles. The van der Waals surface area contributed by atoms with E-state index in [1.165, 1.54) is 0 Å². The molecule has 0 unspecified atom stereocenters. The summed E-state index contributed by atoms with van der Waals surface area (Å²) >= 11 is 12.7. The number of aliphatic hydroxyl groups is 1. The molecule has 5 nitrogen and oxygen atoms in total. The lowest BCUT2D eigenvalue weighted by Gasteiger charge is -2.14. The fourth-order valence-corrected chi connectivity index (χ4v) is 3.21. The molecule has 1 amide bonds. The van der Waals surface area contributed by atoms with Crippen LogP contribution in [0.1, 0.15) is 36.5 Å². The summed E-state index contributed by atoms with van der Waals surface area (Å²) in [6.07, 6.45) is 0.509. The van der Waals surface area contributed by atoms with E-state index < -0.39 is 0 Å². The van der Waals surface area contributed by atoms with Gasteiger partial charge >= 0.3 is 0 Å². The van der Waals surface area contributed by atoms with Crippen molar-refractivity contribution >= 4 is 29.1 Å². The highest BCUT2D eigenvalue weighted by Gasteiger charge is 2.13. The average Bonchev–Trinajstić information content (AvgIpc) is 2.62. The van der Waals surface area contributed by atoms with Crippen molar-refractivity contribution in [2.45, 2.75) is 26.2 Å². The van der Waals surface area contributed by atoms with Gasteiger partial charge in [0.1, 0.15) is 11.5 Å². The lowest BCUT2D eigenvalue weighted by Crippen LogP contribution is -2.31. The summed E-state index contributed by atoms with van der Waals surface area (Å²) in [4.78, 5) is 11.5. The molecule has 0 atom stereocenters. The Balaban J connectivity index is 2.13. The van der Waals surface area contributed by atoms with Crippen LogP contribution in [0.5, 0.6) is 11.5 Å². The third-order valence-corrected chi connectivity index (χ3v) is 4.69. The van der Waals surface area contributed by atoms with Crippen molar-refractivity contribution < 1.29 is 19.7 Å². The Bertz CT molecular complexity index is 786. The summed E-state index contributed by atoms with van der Waals surface area (Å²) in [7, 11) is 0. The molecule has 0 saturated heterocycles. The highest BCUT2D eigenvalue weighted by Crippen LogP contribution is 2.33. The second-order valence-electron chi connectivity index (χ2n) is 6.45. The van der Waals surface area contributed by atoms with E-state index >= 15 is 0 Å². The fourth-order valence-electron chi connectivity index (χ4n) is 2.61. The van der Waals surface area contributed by atoms with Crippen molar-refractivity contribution in [2.24, 2.45) is 0 Å². The lowest BCUT2D eigenvalue weighted by atomic mass is 9.96. The second-order valence-corrected chi connectivity index (χ2v) is 7.27. The summed E-state index contributed by atoms with van der Waals surface area (Å²) in [5.74, 6) is 0.518. The van der Waals surface area contributed by atoms with Crippen LogP contribution >= 0.6 is 23.2 Å². The van der Waals surface area contributed by atoms with E-state index in [0.29, 0.717) is 22.2 Å². The Morgan fingerprint density at radius 3 is 2.44 bits per heavy atom. The number of ether oxygens (including phenoxy) is 1. The van der Waals surface area contributed by atoms with Crippen LogP contribution in [0.15, 0.2) is 30.3 Å². The smallest absolute Gasteiger partial charge is 0.258 e. The molecule has 0 fully saturated rings. The van der Waals surface area contributed by atoms with Gasteiger partial charge in [-0.1, -0.05) is 49.2 Å². The van der Waals surface area contributed by atoms with E-state index in [0.717, 1.165) is 16.7 Å². The summed E-state index contributed by atoms with van der Waals surface area (Å²) in [5.41, 5.74) is 2.60. The predicted octanol–water partition coefficient (Wildman–Crippen LogP) is 3.90. The van der Waals surface area contributed by atoms with Gasteiger partial charge in [-0.3, -0.25) is 4.79 Å². The third-order valence-electron chi connectivity index (χ3n) is 4.01. The first-order valence-electron chi connectivity index (χ1n) is 8.62. The molecule has 0 spiro atoms. The summed E-state index contributed by atoms with van der Waals surface area (Å²) in [6, 6.07) is 8.69. The number of rotatable bonds is 8. The van der Waals surface area contributed by atoms with E-state index in [2.05, 4.69) is 5.32 Å². The molecule has 2 aromatic carbocycles. The van der Waals surface area contributed by atoms with Gasteiger partial charge in [0.05, 0.1) is 6.61 Å². The molecule has 0 bridgehead atoms. The van der Waals surface area contributed by atoms with Crippen LogP contribution in [0, 0.1) is 0 Å². The van der Waals surface area contributed by atoms with Gasteiger partial charge in [-0.25, -0.2) is 0 Å². The summed E-state index contributed by atoms with van der Waals surface area (Å²) < 4.78 is 5.40. The molecule has 27 heavy (non-hydrogen) atoms. The van der Waals surface area contributed by atoms with Gasteiger partial charge < -0.3 is 20.3 Å². The molecule has 0 heterocycles. The zero-order chi connectivity index (χ0) is 20.0. The lowest BCUT2D eigenvalue weighted by molar-refractivity contribution is -0.123. The van der Waals surface area contributed by atoms with Crippen LogP contribution in [-0.2, 0) is 11.2 Å². The number of carbonyl (C=O) groups excluding carboxylic acids is 1. The minimum Gasteiger partial charge on any atom is -0.508 e. The Morgan fingerprint density at radius 2 is 1.85 bits per heavy atom. The number of aromatic hydroxyl groups is 1. The van der Waals surface area contributed by atoms with Gasteiger partial charge in [-0.2, -0.15) is 0 Å². The van der Waals surface area contributed by atoms with E-state index in [-0.39, 0.29) is 37.3 Å². The Morgan fingerprint density at radius 1 is 1.19 bits per heavy atom. The number of hydrogen-bond acceptors (Lipinski definition) is 4. The maximum Gasteiger partial charge on any atom is 0.258 e. The first-order chi connectivity index (χ1) is 12.8. The highest BCUT2D eigenvalue weighted by atomic mass is 35.5. The van der Waals surface area contributed by atoms with Gasteiger partial charge in [0, 0.05) is 23.0 Å². The minimum atomic E-state index is -0.342. The predicted molar refractivity (Wildman–Crippen MR) is 107 cm³/mol. The van der Waals surface area contributed by atoms with Gasteiger partial charge in [0.25, 0.3) is 5.91 Å². The van der Waals surface area contributed by atoms with E-state index in [9.17, 15) is 9.90 Å². The zero-order valence-corrected chi connectivity index (χ0v) is 16.8. The van der Waals surface area contributed by atoms with Crippen molar-refractivity contribution in [1.29, 1.82) is 0 Å². The van der Waals surface area contributed by atoms with E-state index in [1.54, 1.807) is 18.2 Å². The number of phenolic OH excluding ortho intramolecular Hbond substituents is 1. The van der Waals surface area contributed by atoms with Crippen molar-refractivity contribution in [3.63, 3.8) is 0 Å². The maximum atomic E-state index is 11.5. The molecular formula is C20H23Cl2NO4.